The molecule has 0 amide bonds. The van der Waals surface area contributed by atoms with Gasteiger partial charge in [0.1, 0.15) is 0 Å². The van der Waals surface area contributed by atoms with Gasteiger partial charge in [-0.3, -0.25) is 4.39 Å². The normalized spacial score (nSPS) is 10.9. The molecule has 0 aliphatic carbocycles. The molecule has 1 rings (SSSR count). The minimum Gasteiger partial charge on any atom is -0.250 e. The highest BCUT2D eigenvalue weighted by Gasteiger charge is 2.11. The minimum atomic E-state index is -0.381. The molecule has 0 fully saturated rings. The molecule has 0 N–H and O–H groups in total. The highest BCUT2D eigenvalue weighted by atomic mass is 79.9. The van der Waals surface area contributed by atoms with E-state index in [0.717, 1.165) is 28.8 Å². The topological polar surface area (TPSA) is 0 Å². The molecule has 0 saturated heterocycles. The van der Waals surface area contributed by atoms with E-state index in [1.165, 1.54) is 5.56 Å². The van der Waals surface area contributed by atoms with Crippen molar-refractivity contribution in [2.75, 3.05) is 6.67 Å². The van der Waals surface area contributed by atoms with Gasteiger partial charge in [-0.15, -0.1) is 0 Å². The SMILES string of the molecule is CCCc1cccc([C](C)CF)c1Br. The van der Waals surface area contributed by atoms with Gasteiger partial charge in [-0.05, 0) is 17.5 Å². The lowest BCUT2D eigenvalue weighted by atomic mass is 9.99. The lowest BCUT2D eigenvalue weighted by Gasteiger charge is -2.12. The average Bonchev–Trinajstić information content (AvgIpc) is 2.20. The van der Waals surface area contributed by atoms with E-state index >= 15 is 0 Å². The highest BCUT2D eigenvalue weighted by Crippen LogP contribution is 2.28. The van der Waals surface area contributed by atoms with Crippen LogP contribution >= 0.6 is 15.9 Å². The molecule has 0 bridgehead atoms. The standard InChI is InChI=1S/C12H15BrF/c1-3-5-10-6-4-7-11(12(10)13)9(2)8-14/h4,6-7H,3,5,8H2,1-2H3. The van der Waals surface area contributed by atoms with E-state index in [-0.39, 0.29) is 6.67 Å². The molecule has 14 heavy (non-hydrogen) atoms. The molecular formula is C12H15BrF. The molecule has 1 aromatic rings. The average molecular weight is 258 g/mol. The molecule has 1 aromatic carbocycles. The van der Waals surface area contributed by atoms with Crippen LogP contribution in [0, 0.1) is 5.92 Å². The number of alkyl halides is 1. The van der Waals surface area contributed by atoms with E-state index in [2.05, 4.69) is 28.9 Å². The maximum atomic E-state index is 12.5. The maximum absolute atomic E-state index is 12.5. The molecule has 0 saturated carbocycles. The number of rotatable bonds is 4. The van der Waals surface area contributed by atoms with E-state index < -0.39 is 0 Å². The van der Waals surface area contributed by atoms with Crippen LogP contribution in [-0.4, -0.2) is 6.67 Å². The Morgan fingerprint density at radius 3 is 2.71 bits per heavy atom. The first-order valence-corrected chi connectivity index (χ1v) is 5.66. The van der Waals surface area contributed by atoms with Gasteiger partial charge < -0.3 is 0 Å². The molecular weight excluding hydrogens is 243 g/mol. The lowest BCUT2D eigenvalue weighted by molar-refractivity contribution is 0.515. The summed E-state index contributed by atoms with van der Waals surface area (Å²) in [7, 11) is 0. The number of hydrogen-bond donors (Lipinski definition) is 0. The van der Waals surface area contributed by atoms with E-state index in [1.54, 1.807) is 0 Å². The summed E-state index contributed by atoms with van der Waals surface area (Å²) in [6.07, 6.45) is 2.14. The lowest BCUT2D eigenvalue weighted by Crippen LogP contribution is -2.00. The van der Waals surface area contributed by atoms with E-state index in [0.29, 0.717) is 0 Å². The summed E-state index contributed by atoms with van der Waals surface area (Å²) < 4.78 is 13.6. The van der Waals surface area contributed by atoms with Crippen molar-refractivity contribution in [2.24, 2.45) is 0 Å². The van der Waals surface area contributed by atoms with Crippen LogP contribution in [0.15, 0.2) is 22.7 Å². The van der Waals surface area contributed by atoms with E-state index in [1.807, 2.05) is 19.1 Å². The molecule has 0 aliphatic heterocycles. The van der Waals surface area contributed by atoms with Gasteiger partial charge in [0.15, 0.2) is 0 Å². The first kappa shape index (κ1) is 11.7. The molecule has 0 spiro atoms. The van der Waals surface area contributed by atoms with Crippen molar-refractivity contribution in [3.05, 3.63) is 39.7 Å². The Hall–Kier alpha value is -0.370. The van der Waals surface area contributed by atoms with Crippen LogP contribution in [0.5, 0.6) is 0 Å². The fourth-order valence-corrected chi connectivity index (χ4v) is 2.24. The molecule has 77 valence electrons. The molecule has 0 heterocycles. The van der Waals surface area contributed by atoms with Crippen LogP contribution in [-0.2, 0) is 6.42 Å². The summed E-state index contributed by atoms with van der Waals surface area (Å²) in [4.78, 5) is 0. The van der Waals surface area contributed by atoms with Crippen molar-refractivity contribution in [2.45, 2.75) is 26.7 Å². The molecule has 0 unspecified atom stereocenters. The van der Waals surface area contributed by atoms with Crippen LogP contribution in [0.4, 0.5) is 4.39 Å². The van der Waals surface area contributed by atoms with Gasteiger partial charge in [0.05, 0.1) is 6.67 Å². The van der Waals surface area contributed by atoms with Crippen molar-refractivity contribution in [3.8, 4) is 0 Å². The highest BCUT2D eigenvalue weighted by molar-refractivity contribution is 9.10. The second-order valence-corrected chi connectivity index (χ2v) is 4.24. The maximum Gasteiger partial charge on any atom is 0.0998 e. The van der Waals surface area contributed by atoms with Crippen molar-refractivity contribution in [1.82, 2.24) is 0 Å². The number of hydrogen-bond acceptors (Lipinski definition) is 0. The molecule has 0 aliphatic rings. The zero-order valence-corrected chi connectivity index (χ0v) is 10.2. The van der Waals surface area contributed by atoms with Crippen LogP contribution in [0.3, 0.4) is 0 Å². The Morgan fingerprint density at radius 1 is 1.43 bits per heavy atom. The second kappa shape index (κ2) is 5.50. The summed E-state index contributed by atoms with van der Waals surface area (Å²) in [5, 5.41) is 0. The summed E-state index contributed by atoms with van der Waals surface area (Å²) >= 11 is 3.54. The van der Waals surface area contributed by atoms with Gasteiger partial charge in [0, 0.05) is 10.4 Å². The summed E-state index contributed by atoms with van der Waals surface area (Å²) in [6, 6.07) is 6.03. The molecule has 1 radical (unpaired) electrons. The zero-order chi connectivity index (χ0) is 10.6. The molecule has 0 aromatic heterocycles. The number of aryl methyl sites for hydroxylation is 1. The summed E-state index contributed by atoms with van der Waals surface area (Å²) in [6.45, 7) is 3.59. The van der Waals surface area contributed by atoms with Crippen LogP contribution in [0.25, 0.3) is 0 Å². The first-order valence-electron chi connectivity index (χ1n) is 4.86. The quantitative estimate of drug-likeness (QED) is 0.754. The van der Waals surface area contributed by atoms with Gasteiger partial charge in [-0.25, -0.2) is 0 Å². The van der Waals surface area contributed by atoms with Gasteiger partial charge in [0.2, 0.25) is 0 Å². The third kappa shape index (κ3) is 2.57. The Labute approximate surface area is 93.7 Å². The van der Waals surface area contributed by atoms with Crippen molar-refractivity contribution in [1.29, 1.82) is 0 Å². The number of benzene rings is 1. The largest absolute Gasteiger partial charge is 0.250 e. The molecule has 0 nitrogen and oxygen atoms in total. The van der Waals surface area contributed by atoms with Crippen LogP contribution in [0.1, 0.15) is 31.4 Å². The predicted molar refractivity (Wildman–Crippen MR) is 62.1 cm³/mol. The Morgan fingerprint density at radius 2 is 2.14 bits per heavy atom. The predicted octanol–water partition coefficient (Wildman–Crippen LogP) is 4.31. The van der Waals surface area contributed by atoms with Gasteiger partial charge >= 0.3 is 0 Å². The van der Waals surface area contributed by atoms with E-state index in [4.69, 9.17) is 0 Å². The minimum absolute atomic E-state index is 0.381. The van der Waals surface area contributed by atoms with Gasteiger partial charge in [0.25, 0.3) is 0 Å². The Bertz CT molecular complexity index is 296. The number of halogens is 2. The van der Waals surface area contributed by atoms with Crippen molar-refractivity contribution < 1.29 is 4.39 Å². The second-order valence-electron chi connectivity index (χ2n) is 3.44. The summed E-state index contributed by atoms with van der Waals surface area (Å²) in [5.74, 6) is 0.787. The van der Waals surface area contributed by atoms with Crippen LogP contribution < -0.4 is 0 Å². The zero-order valence-electron chi connectivity index (χ0n) is 8.61. The van der Waals surface area contributed by atoms with Crippen LogP contribution in [0.2, 0.25) is 0 Å². The summed E-state index contributed by atoms with van der Waals surface area (Å²) in [5.41, 5.74) is 2.26. The fraction of sp³-hybridized carbons (Fsp3) is 0.417. The van der Waals surface area contributed by atoms with Crippen molar-refractivity contribution >= 4 is 15.9 Å². The fourth-order valence-electron chi connectivity index (χ4n) is 1.44. The smallest absolute Gasteiger partial charge is 0.0998 e. The third-order valence-corrected chi connectivity index (χ3v) is 3.19. The Balaban J connectivity index is 3.00. The molecule has 0 atom stereocenters. The molecule has 2 heteroatoms. The van der Waals surface area contributed by atoms with E-state index in [9.17, 15) is 4.39 Å². The first-order chi connectivity index (χ1) is 6.70. The Kier molecular flexibility index (Phi) is 4.59. The van der Waals surface area contributed by atoms with Gasteiger partial charge in [-0.1, -0.05) is 54.4 Å². The van der Waals surface area contributed by atoms with Gasteiger partial charge in [-0.2, -0.15) is 0 Å². The monoisotopic (exact) mass is 257 g/mol. The van der Waals surface area contributed by atoms with Crippen molar-refractivity contribution in [3.63, 3.8) is 0 Å². The third-order valence-electron chi connectivity index (χ3n) is 2.26.